The third-order valence-corrected chi connectivity index (χ3v) is 4.96. The van der Waals surface area contributed by atoms with Crippen LogP contribution in [0.2, 0.25) is 0 Å². The number of methoxy groups -OCH3 is 2. The Morgan fingerprint density at radius 2 is 2.09 bits per heavy atom. The molecular formula is C15H16N2O4S. The number of aromatic nitrogens is 2. The van der Waals surface area contributed by atoms with Gasteiger partial charge in [0.25, 0.3) is 0 Å². The molecule has 0 spiro atoms. The van der Waals surface area contributed by atoms with Crippen molar-refractivity contribution in [3.8, 4) is 22.9 Å². The van der Waals surface area contributed by atoms with Crippen molar-refractivity contribution in [2.75, 3.05) is 20.0 Å². The molecule has 1 aliphatic heterocycles. The molecule has 1 aromatic carbocycles. The van der Waals surface area contributed by atoms with Crippen LogP contribution in [0.3, 0.4) is 0 Å². The summed E-state index contributed by atoms with van der Waals surface area (Å²) in [5, 5.41) is 1.25. The summed E-state index contributed by atoms with van der Waals surface area (Å²) in [5.74, 6) is 1.86. The highest BCUT2D eigenvalue weighted by Gasteiger charge is 2.26. The van der Waals surface area contributed by atoms with Crippen LogP contribution in [0, 0.1) is 0 Å². The molecule has 2 aromatic rings. The molecule has 2 heterocycles. The predicted molar refractivity (Wildman–Crippen MR) is 82.7 cm³/mol. The van der Waals surface area contributed by atoms with Gasteiger partial charge in [0.1, 0.15) is 5.82 Å². The molecule has 0 fully saturated rings. The number of hydrogen-bond donors (Lipinski definition) is 0. The average molecular weight is 320 g/mol. The summed E-state index contributed by atoms with van der Waals surface area (Å²) in [6, 6.07) is 5.25. The molecule has 1 unspecified atom stereocenters. The molecule has 0 amide bonds. The zero-order chi connectivity index (χ0) is 15.7. The van der Waals surface area contributed by atoms with Crippen molar-refractivity contribution in [1.29, 1.82) is 0 Å². The predicted octanol–water partition coefficient (Wildman–Crippen LogP) is 2.05. The van der Waals surface area contributed by atoms with Gasteiger partial charge in [-0.1, -0.05) is 6.07 Å². The summed E-state index contributed by atoms with van der Waals surface area (Å²) in [6.45, 7) is 0. The van der Waals surface area contributed by atoms with Crippen LogP contribution in [-0.2, 0) is 9.84 Å². The molecule has 1 aliphatic rings. The van der Waals surface area contributed by atoms with Gasteiger partial charge in [0, 0.05) is 17.8 Å². The molecule has 0 radical (unpaired) electrons. The molecule has 6 nitrogen and oxygen atoms in total. The monoisotopic (exact) mass is 320 g/mol. The number of imidazole rings is 1. The van der Waals surface area contributed by atoms with Gasteiger partial charge in [-0.05, 0) is 18.2 Å². The second kappa shape index (κ2) is 5.49. The van der Waals surface area contributed by atoms with E-state index in [4.69, 9.17) is 9.47 Å². The average Bonchev–Trinajstić information content (AvgIpc) is 3.12. The van der Waals surface area contributed by atoms with Crippen LogP contribution >= 0.6 is 0 Å². The topological polar surface area (TPSA) is 70.4 Å². The smallest absolute Gasteiger partial charge is 0.173 e. The van der Waals surface area contributed by atoms with E-state index in [1.807, 2.05) is 16.7 Å². The molecular weight excluding hydrogens is 304 g/mol. The Labute approximate surface area is 128 Å². The number of rotatable bonds is 4. The molecule has 0 N–H and O–H groups in total. The van der Waals surface area contributed by atoms with Crippen molar-refractivity contribution < 1.29 is 17.9 Å². The summed E-state index contributed by atoms with van der Waals surface area (Å²) in [5.41, 5.74) is 0.754. The van der Waals surface area contributed by atoms with Gasteiger partial charge in [-0.25, -0.2) is 13.4 Å². The minimum Gasteiger partial charge on any atom is -0.493 e. The zero-order valence-electron chi connectivity index (χ0n) is 12.3. The van der Waals surface area contributed by atoms with Crippen LogP contribution < -0.4 is 9.47 Å². The van der Waals surface area contributed by atoms with Crippen LogP contribution in [0.4, 0.5) is 0 Å². The molecule has 7 heteroatoms. The van der Waals surface area contributed by atoms with Gasteiger partial charge in [-0.2, -0.15) is 0 Å². The summed E-state index contributed by atoms with van der Waals surface area (Å²) >= 11 is 0. The Kier molecular flexibility index (Phi) is 3.66. The molecule has 3 rings (SSSR count). The fourth-order valence-electron chi connectivity index (χ4n) is 2.59. The highest BCUT2D eigenvalue weighted by atomic mass is 32.2. The third-order valence-electron chi connectivity index (χ3n) is 3.58. The first-order chi connectivity index (χ1) is 10.6. The Morgan fingerprint density at radius 1 is 1.27 bits per heavy atom. The van der Waals surface area contributed by atoms with Gasteiger partial charge in [0.05, 0.1) is 31.6 Å². The Balaban J connectivity index is 2.09. The first kappa shape index (κ1) is 14.6. The lowest BCUT2D eigenvalue weighted by Crippen LogP contribution is -2.12. The molecule has 1 aromatic heterocycles. The maximum absolute atomic E-state index is 11.6. The van der Waals surface area contributed by atoms with Crippen molar-refractivity contribution in [3.63, 3.8) is 0 Å². The van der Waals surface area contributed by atoms with E-state index in [1.165, 1.54) is 5.41 Å². The largest absolute Gasteiger partial charge is 0.493 e. The molecule has 1 atom stereocenters. The normalized spacial score (nSPS) is 19.3. The summed E-state index contributed by atoms with van der Waals surface area (Å²) < 4.78 is 35.9. The molecule has 0 bridgehead atoms. The van der Waals surface area contributed by atoms with Crippen LogP contribution in [-0.4, -0.2) is 37.9 Å². The fraction of sp³-hybridized carbons (Fsp3) is 0.267. The molecule has 0 saturated heterocycles. The van der Waals surface area contributed by atoms with E-state index in [0.29, 0.717) is 17.3 Å². The van der Waals surface area contributed by atoms with E-state index in [-0.39, 0.29) is 11.8 Å². The number of para-hydroxylation sites is 1. The number of hydrogen-bond acceptors (Lipinski definition) is 5. The lowest BCUT2D eigenvalue weighted by atomic mass is 10.1. The minimum atomic E-state index is -3.13. The summed E-state index contributed by atoms with van der Waals surface area (Å²) in [4.78, 5) is 4.36. The van der Waals surface area contributed by atoms with E-state index in [0.717, 1.165) is 5.56 Å². The highest BCUT2D eigenvalue weighted by Crippen LogP contribution is 2.38. The number of sulfone groups is 1. The maximum Gasteiger partial charge on any atom is 0.173 e. The van der Waals surface area contributed by atoms with Gasteiger partial charge in [-0.15, -0.1) is 0 Å². The lowest BCUT2D eigenvalue weighted by molar-refractivity contribution is 0.356. The number of allylic oxidation sites excluding steroid dienone is 1. The van der Waals surface area contributed by atoms with E-state index in [1.54, 1.807) is 38.8 Å². The van der Waals surface area contributed by atoms with Crippen LogP contribution in [0.1, 0.15) is 6.04 Å². The van der Waals surface area contributed by atoms with E-state index < -0.39 is 9.84 Å². The van der Waals surface area contributed by atoms with Crippen molar-refractivity contribution in [2.45, 2.75) is 6.04 Å². The van der Waals surface area contributed by atoms with Gasteiger partial charge in [0.2, 0.25) is 0 Å². The molecule has 0 saturated carbocycles. The standard InChI is InChI=1S/C15H16N2O4S/c1-20-13-5-3-4-12(14(13)21-2)15-16-7-8-17(15)11-6-9-22(18,19)10-11/h3-9,11H,10H2,1-2H3. The molecule has 22 heavy (non-hydrogen) atoms. The van der Waals surface area contributed by atoms with Crippen LogP contribution in [0.5, 0.6) is 11.5 Å². The van der Waals surface area contributed by atoms with E-state index >= 15 is 0 Å². The van der Waals surface area contributed by atoms with Crippen LogP contribution in [0.25, 0.3) is 11.4 Å². The zero-order valence-corrected chi connectivity index (χ0v) is 13.1. The first-order valence-electron chi connectivity index (χ1n) is 6.71. The first-order valence-corrected chi connectivity index (χ1v) is 8.42. The quantitative estimate of drug-likeness (QED) is 0.862. The van der Waals surface area contributed by atoms with Gasteiger partial charge >= 0.3 is 0 Å². The fourth-order valence-corrected chi connectivity index (χ4v) is 3.86. The summed E-state index contributed by atoms with van der Waals surface area (Å²) in [6.07, 6.45) is 5.09. The molecule has 116 valence electrons. The van der Waals surface area contributed by atoms with E-state index in [9.17, 15) is 8.42 Å². The van der Waals surface area contributed by atoms with Crippen LogP contribution in [0.15, 0.2) is 42.1 Å². The van der Waals surface area contributed by atoms with Gasteiger partial charge < -0.3 is 14.0 Å². The SMILES string of the molecule is COc1cccc(-c2nccn2C2C=CS(=O)(=O)C2)c1OC. The lowest BCUT2D eigenvalue weighted by Gasteiger charge is -2.16. The number of ether oxygens (including phenoxy) is 2. The summed E-state index contributed by atoms with van der Waals surface area (Å²) in [7, 11) is -0.000187. The number of benzene rings is 1. The van der Waals surface area contributed by atoms with Gasteiger partial charge in [0.15, 0.2) is 21.3 Å². The minimum absolute atomic E-state index is 0.0443. The third kappa shape index (κ3) is 2.48. The van der Waals surface area contributed by atoms with Crippen molar-refractivity contribution in [2.24, 2.45) is 0 Å². The van der Waals surface area contributed by atoms with Gasteiger partial charge in [-0.3, -0.25) is 0 Å². The molecule has 0 aliphatic carbocycles. The van der Waals surface area contributed by atoms with Crippen molar-refractivity contribution in [1.82, 2.24) is 9.55 Å². The van der Waals surface area contributed by atoms with Crippen molar-refractivity contribution >= 4 is 9.84 Å². The highest BCUT2D eigenvalue weighted by molar-refractivity contribution is 7.94. The maximum atomic E-state index is 11.6. The Bertz CT molecular complexity index is 824. The van der Waals surface area contributed by atoms with Crippen molar-refractivity contribution in [3.05, 3.63) is 42.1 Å². The second-order valence-electron chi connectivity index (χ2n) is 4.92. The second-order valence-corrected chi connectivity index (χ2v) is 6.86. The van der Waals surface area contributed by atoms with E-state index in [2.05, 4.69) is 4.98 Å². The number of nitrogens with zero attached hydrogens (tertiary/aromatic N) is 2. The Morgan fingerprint density at radius 3 is 2.73 bits per heavy atom. The Hall–Kier alpha value is -2.28.